The van der Waals surface area contributed by atoms with Gasteiger partial charge in [0.15, 0.2) is 0 Å². The molecule has 0 saturated carbocycles. The molecule has 1 amide bonds. The lowest BCUT2D eigenvalue weighted by Gasteiger charge is -2.06. The minimum Gasteiger partial charge on any atom is -0.497 e. The molecule has 0 aliphatic carbocycles. The summed E-state index contributed by atoms with van der Waals surface area (Å²) in [5, 5.41) is 3.94. The first-order valence-corrected chi connectivity index (χ1v) is 7.36. The largest absolute Gasteiger partial charge is 0.497 e. The van der Waals surface area contributed by atoms with E-state index in [0.717, 1.165) is 39.3 Å². The molecule has 0 bridgehead atoms. The Balaban J connectivity index is 1.91. The third-order valence-electron chi connectivity index (χ3n) is 3.95. The lowest BCUT2D eigenvalue weighted by molar-refractivity contribution is -0.114. The van der Waals surface area contributed by atoms with Crippen LogP contribution >= 0.6 is 0 Å². The number of rotatable bonds is 2. The lowest BCUT2D eigenvalue weighted by atomic mass is 10.1. The van der Waals surface area contributed by atoms with Gasteiger partial charge in [0.25, 0.3) is 0 Å². The summed E-state index contributed by atoms with van der Waals surface area (Å²) in [5.41, 5.74) is 4.31. The Hall–Kier alpha value is -3.08. The van der Waals surface area contributed by atoms with E-state index in [1.54, 1.807) is 7.11 Å². The molecule has 23 heavy (non-hydrogen) atoms. The molecule has 0 spiro atoms. The van der Waals surface area contributed by atoms with Crippen molar-refractivity contribution in [2.75, 3.05) is 19.0 Å². The molecule has 2 N–H and O–H groups in total. The molecule has 0 unspecified atom stereocenters. The zero-order valence-corrected chi connectivity index (χ0v) is 12.6. The maximum absolute atomic E-state index is 12.0. The van der Waals surface area contributed by atoms with Gasteiger partial charge in [0.05, 0.1) is 24.2 Å². The molecule has 4 rings (SSSR count). The van der Waals surface area contributed by atoms with Crippen LogP contribution in [0.2, 0.25) is 0 Å². The molecule has 3 aromatic rings. The van der Waals surface area contributed by atoms with Crippen molar-refractivity contribution in [2.45, 2.75) is 0 Å². The van der Waals surface area contributed by atoms with Crippen LogP contribution < -0.4 is 10.1 Å². The zero-order valence-electron chi connectivity index (χ0n) is 12.6. The molecule has 0 saturated heterocycles. The predicted molar refractivity (Wildman–Crippen MR) is 90.4 cm³/mol. The summed E-state index contributed by atoms with van der Waals surface area (Å²) >= 11 is 0. The van der Waals surface area contributed by atoms with Crippen LogP contribution in [0.25, 0.3) is 10.9 Å². The summed E-state index contributed by atoms with van der Waals surface area (Å²) in [6.07, 6.45) is 0. The van der Waals surface area contributed by atoms with Crippen LogP contribution in [0, 0.1) is 0 Å². The van der Waals surface area contributed by atoms with Crippen molar-refractivity contribution in [3.8, 4) is 5.75 Å². The van der Waals surface area contributed by atoms with Crippen molar-refractivity contribution in [1.82, 2.24) is 4.98 Å². The minimum absolute atomic E-state index is 0.109. The number of hydrogen-bond donors (Lipinski definition) is 2. The fourth-order valence-electron chi connectivity index (χ4n) is 2.84. The van der Waals surface area contributed by atoms with Crippen LogP contribution in [0.5, 0.6) is 5.75 Å². The van der Waals surface area contributed by atoms with Crippen molar-refractivity contribution in [3.05, 3.63) is 59.8 Å². The number of amides is 1. The van der Waals surface area contributed by atoms with E-state index in [9.17, 15) is 4.79 Å². The van der Waals surface area contributed by atoms with Gasteiger partial charge >= 0.3 is 0 Å². The maximum Gasteiger partial charge on any atom is 0.246 e. The Labute approximate surface area is 133 Å². The van der Waals surface area contributed by atoms with E-state index >= 15 is 0 Å². The van der Waals surface area contributed by atoms with Crippen molar-refractivity contribution in [2.24, 2.45) is 4.99 Å². The number of H-pyrrole nitrogens is 1. The summed E-state index contributed by atoms with van der Waals surface area (Å²) in [5.74, 6) is 0.675. The number of carbonyl (C=O) groups excluding carboxylic acids is 1. The van der Waals surface area contributed by atoms with Gasteiger partial charge in [-0.25, -0.2) is 0 Å². The van der Waals surface area contributed by atoms with Gasteiger partial charge in [0, 0.05) is 16.5 Å². The highest BCUT2D eigenvalue weighted by molar-refractivity contribution is 6.22. The smallest absolute Gasteiger partial charge is 0.246 e. The second-order valence-corrected chi connectivity index (χ2v) is 5.36. The molecule has 1 aliphatic heterocycles. The molecule has 0 fully saturated rings. The maximum atomic E-state index is 12.0. The van der Waals surface area contributed by atoms with Crippen molar-refractivity contribution >= 4 is 28.2 Å². The topological polar surface area (TPSA) is 66.5 Å². The van der Waals surface area contributed by atoms with E-state index in [4.69, 9.17) is 4.74 Å². The van der Waals surface area contributed by atoms with Crippen LogP contribution in [-0.2, 0) is 4.79 Å². The summed E-state index contributed by atoms with van der Waals surface area (Å²) < 4.78 is 5.20. The molecule has 2 aromatic carbocycles. The Morgan fingerprint density at radius 3 is 2.65 bits per heavy atom. The third-order valence-corrected chi connectivity index (χ3v) is 3.95. The van der Waals surface area contributed by atoms with Gasteiger partial charge < -0.3 is 15.0 Å². The van der Waals surface area contributed by atoms with Crippen LogP contribution in [0.3, 0.4) is 0 Å². The van der Waals surface area contributed by atoms with Gasteiger partial charge in [-0.05, 0) is 30.3 Å². The van der Waals surface area contributed by atoms with Gasteiger partial charge in [-0.2, -0.15) is 0 Å². The van der Waals surface area contributed by atoms with E-state index in [1.807, 2.05) is 48.5 Å². The number of methoxy groups -OCH3 is 1. The normalized spacial score (nSPS) is 14.0. The van der Waals surface area contributed by atoms with Crippen LogP contribution in [0.15, 0.2) is 53.5 Å². The SMILES string of the molecule is COc1ccc(C2=NCC(=O)Nc3c2[nH]c2ccccc32)cc1. The molecule has 0 atom stereocenters. The first-order valence-electron chi connectivity index (χ1n) is 7.36. The molecule has 2 heterocycles. The highest BCUT2D eigenvalue weighted by Crippen LogP contribution is 2.31. The fraction of sp³-hybridized carbons (Fsp3) is 0.111. The summed E-state index contributed by atoms with van der Waals surface area (Å²) in [4.78, 5) is 19.9. The van der Waals surface area contributed by atoms with E-state index in [2.05, 4.69) is 15.3 Å². The number of benzene rings is 2. The number of aromatic nitrogens is 1. The zero-order chi connectivity index (χ0) is 15.8. The van der Waals surface area contributed by atoms with Crippen molar-refractivity contribution in [1.29, 1.82) is 0 Å². The number of hydrogen-bond acceptors (Lipinski definition) is 3. The van der Waals surface area contributed by atoms with Gasteiger partial charge in [-0.3, -0.25) is 9.79 Å². The standard InChI is InChI=1S/C18H15N3O2/c1-23-12-8-6-11(7-9-12)16-18-17(21-15(22)10-19-16)13-4-2-3-5-14(13)20-18/h2-9,20H,10H2,1H3,(H,21,22). The van der Waals surface area contributed by atoms with Crippen LogP contribution in [0.4, 0.5) is 5.69 Å². The molecular weight excluding hydrogens is 290 g/mol. The molecule has 1 aromatic heterocycles. The number of aliphatic imine (C=N–C) groups is 1. The molecule has 5 heteroatoms. The molecule has 114 valence electrons. The molecule has 1 aliphatic rings. The average molecular weight is 305 g/mol. The average Bonchev–Trinajstić information content (AvgIpc) is 2.85. The molecular formula is C18H15N3O2. The van der Waals surface area contributed by atoms with Crippen LogP contribution in [-0.4, -0.2) is 30.3 Å². The first-order chi connectivity index (χ1) is 11.3. The number of aromatic amines is 1. The Bertz CT molecular complexity index is 923. The van der Waals surface area contributed by atoms with E-state index in [0.29, 0.717) is 0 Å². The molecule has 5 nitrogen and oxygen atoms in total. The Kier molecular flexibility index (Phi) is 3.12. The van der Waals surface area contributed by atoms with Gasteiger partial charge in [0.2, 0.25) is 5.91 Å². The van der Waals surface area contributed by atoms with Crippen LogP contribution in [0.1, 0.15) is 11.3 Å². The van der Waals surface area contributed by atoms with Gasteiger partial charge in [0.1, 0.15) is 12.3 Å². The number of carbonyl (C=O) groups is 1. The predicted octanol–water partition coefficient (Wildman–Crippen LogP) is 2.97. The van der Waals surface area contributed by atoms with Crippen molar-refractivity contribution in [3.63, 3.8) is 0 Å². The first kappa shape index (κ1) is 13.6. The number of fused-ring (bicyclic) bond motifs is 3. The van der Waals surface area contributed by atoms with E-state index in [1.165, 1.54) is 0 Å². The van der Waals surface area contributed by atoms with Gasteiger partial charge in [-0.15, -0.1) is 0 Å². The third kappa shape index (κ3) is 2.26. The van der Waals surface area contributed by atoms with E-state index < -0.39 is 0 Å². The monoisotopic (exact) mass is 305 g/mol. The number of nitrogens with one attached hydrogen (secondary N) is 2. The second kappa shape index (κ2) is 5.28. The van der Waals surface area contributed by atoms with E-state index in [-0.39, 0.29) is 12.5 Å². The number of para-hydroxylation sites is 1. The Morgan fingerprint density at radius 1 is 1.09 bits per heavy atom. The van der Waals surface area contributed by atoms with Gasteiger partial charge in [-0.1, -0.05) is 18.2 Å². The molecule has 0 radical (unpaired) electrons. The second-order valence-electron chi connectivity index (χ2n) is 5.36. The summed E-state index contributed by atoms with van der Waals surface area (Å²) in [6, 6.07) is 15.6. The lowest BCUT2D eigenvalue weighted by Crippen LogP contribution is -2.13. The quantitative estimate of drug-likeness (QED) is 0.764. The number of ether oxygens (including phenoxy) is 1. The number of anilines is 1. The Morgan fingerprint density at radius 2 is 1.87 bits per heavy atom. The number of nitrogens with zero attached hydrogens (tertiary/aromatic N) is 1. The highest BCUT2D eigenvalue weighted by Gasteiger charge is 2.22. The highest BCUT2D eigenvalue weighted by atomic mass is 16.5. The summed E-state index contributed by atoms with van der Waals surface area (Å²) in [7, 11) is 1.64. The van der Waals surface area contributed by atoms with Crippen molar-refractivity contribution < 1.29 is 9.53 Å². The summed E-state index contributed by atoms with van der Waals surface area (Å²) in [6.45, 7) is 0.109. The minimum atomic E-state index is -0.112. The fourth-order valence-corrected chi connectivity index (χ4v) is 2.84.